The number of hydrogen-bond acceptors (Lipinski definition) is 2. The molecule has 0 aliphatic rings. The van der Waals surface area contributed by atoms with Crippen molar-refractivity contribution in [1.29, 1.82) is 0 Å². The molecule has 0 radical (unpaired) electrons. The van der Waals surface area contributed by atoms with E-state index in [4.69, 9.17) is 0 Å². The monoisotopic (exact) mass is 284 g/mol. The lowest BCUT2D eigenvalue weighted by Crippen LogP contribution is -2.47. The zero-order valence-corrected chi connectivity index (χ0v) is 14.7. The lowest BCUT2D eigenvalue weighted by molar-refractivity contribution is 0.241. The molecule has 0 saturated carbocycles. The first-order valence-corrected chi connectivity index (χ1v) is 7.92. The minimum absolute atomic E-state index is 0.229. The summed E-state index contributed by atoms with van der Waals surface area (Å²) in [5.74, 6) is 0.917. The molecule has 0 spiro atoms. The van der Waals surface area contributed by atoms with Gasteiger partial charge >= 0.3 is 0 Å². The molecule has 0 fully saturated rings. The molecule has 0 amide bonds. The van der Waals surface area contributed by atoms with E-state index in [2.05, 4.69) is 62.3 Å². The summed E-state index contributed by atoms with van der Waals surface area (Å²) in [5, 5.41) is 6.93. The number of unbranched alkanes of at least 4 members (excludes halogenated alkanes) is 2. The normalized spacial score (nSPS) is 14.5. The Labute approximate surface area is 126 Å². The highest BCUT2D eigenvalue weighted by Crippen LogP contribution is 2.14. The third-order valence-corrected chi connectivity index (χ3v) is 3.33. The number of nitrogens with zero attached hydrogens (tertiary/aromatic N) is 2. The van der Waals surface area contributed by atoms with E-state index in [-0.39, 0.29) is 5.41 Å². The third kappa shape index (κ3) is 10.1. The molecule has 120 valence electrons. The van der Waals surface area contributed by atoms with Gasteiger partial charge in [-0.3, -0.25) is 4.99 Å². The largest absolute Gasteiger partial charge is 0.356 e. The Morgan fingerprint density at radius 1 is 1.25 bits per heavy atom. The van der Waals surface area contributed by atoms with Crippen LogP contribution in [0.5, 0.6) is 0 Å². The number of hydrogen-bond donors (Lipinski definition) is 2. The predicted octanol–water partition coefficient (Wildman–Crippen LogP) is 2.71. The quantitative estimate of drug-likeness (QED) is 0.388. The molecule has 1 unspecified atom stereocenters. The molecule has 0 rings (SSSR count). The van der Waals surface area contributed by atoms with Gasteiger partial charge in [0.05, 0.1) is 0 Å². The average molecular weight is 284 g/mol. The van der Waals surface area contributed by atoms with Gasteiger partial charge in [-0.25, -0.2) is 0 Å². The van der Waals surface area contributed by atoms with Crippen LogP contribution in [0, 0.1) is 5.41 Å². The fourth-order valence-corrected chi connectivity index (χ4v) is 2.44. The van der Waals surface area contributed by atoms with Gasteiger partial charge in [0.2, 0.25) is 0 Å². The topological polar surface area (TPSA) is 39.7 Å². The van der Waals surface area contributed by atoms with Gasteiger partial charge in [-0.2, -0.15) is 0 Å². The van der Waals surface area contributed by atoms with Gasteiger partial charge in [0, 0.05) is 26.2 Å². The molecule has 0 aromatic rings. The highest BCUT2D eigenvalue weighted by atomic mass is 15.2. The third-order valence-electron chi connectivity index (χ3n) is 3.33. The van der Waals surface area contributed by atoms with Crippen LogP contribution < -0.4 is 10.6 Å². The lowest BCUT2D eigenvalue weighted by atomic mass is 9.93. The molecule has 1 atom stereocenters. The lowest BCUT2D eigenvalue weighted by Gasteiger charge is -2.29. The Kier molecular flexibility index (Phi) is 9.64. The van der Waals surface area contributed by atoms with Crippen molar-refractivity contribution < 1.29 is 0 Å². The van der Waals surface area contributed by atoms with Crippen LogP contribution >= 0.6 is 0 Å². The molecule has 20 heavy (non-hydrogen) atoms. The number of aliphatic imine (C=N–C) groups is 1. The molecule has 0 aromatic heterocycles. The van der Waals surface area contributed by atoms with Gasteiger partial charge in [0.1, 0.15) is 0 Å². The van der Waals surface area contributed by atoms with Crippen LogP contribution in [0.25, 0.3) is 0 Å². The first kappa shape index (κ1) is 19.2. The summed E-state index contributed by atoms with van der Waals surface area (Å²) in [6, 6.07) is 0.477. The second-order valence-corrected chi connectivity index (χ2v) is 6.87. The second-order valence-electron chi connectivity index (χ2n) is 6.87. The van der Waals surface area contributed by atoms with Crippen molar-refractivity contribution in [2.75, 3.05) is 34.2 Å². The molecular formula is C16H36N4. The fraction of sp³-hybridized carbons (Fsp3) is 0.938. The molecule has 0 aromatic carbocycles. The Hall–Kier alpha value is -0.770. The summed E-state index contributed by atoms with van der Waals surface area (Å²) in [7, 11) is 6.07. The Bertz CT molecular complexity index is 272. The molecule has 0 bridgehead atoms. The van der Waals surface area contributed by atoms with E-state index < -0.39 is 0 Å². The molecular weight excluding hydrogens is 248 g/mol. The van der Waals surface area contributed by atoms with Gasteiger partial charge in [0.15, 0.2) is 5.96 Å². The van der Waals surface area contributed by atoms with Crippen molar-refractivity contribution >= 4 is 5.96 Å². The number of rotatable bonds is 9. The van der Waals surface area contributed by atoms with Crippen LogP contribution in [-0.4, -0.2) is 51.1 Å². The van der Waals surface area contributed by atoms with Crippen molar-refractivity contribution in [1.82, 2.24) is 15.5 Å². The molecule has 0 heterocycles. The molecule has 4 nitrogen and oxygen atoms in total. The molecule has 0 aliphatic heterocycles. The SMILES string of the molecule is CCCCCC(C)NC(=NC)NCC(C)(C)CN(C)C. The van der Waals surface area contributed by atoms with E-state index in [1.165, 1.54) is 25.7 Å². The van der Waals surface area contributed by atoms with Gasteiger partial charge in [-0.15, -0.1) is 0 Å². The summed E-state index contributed by atoms with van der Waals surface area (Å²) in [4.78, 5) is 6.55. The van der Waals surface area contributed by atoms with Gasteiger partial charge < -0.3 is 15.5 Å². The van der Waals surface area contributed by atoms with E-state index in [1.54, 1.807) is 0 Å². The number of nitrogens with one attached hydrogen (secondary N) is 2. The molecule has 4 heteroatoms. The average Bonchev–Trinajstić information content (AvgIpc) is 2.33. The zero-order valence-electron chi connectivity index (χ0n) is 14.7. The predicted molar refractivity (Wildman–Crippen MR) is 90.4 cm³/mol. The first-order valence-electron chi connectivity index (χ1n) is 7.92. The summed E-state index contributed by atoms with van der Waals surface area (Å²) < 4.78 is 0. The maximum atomic E-state index is 4.32. The number of guanidine groups is 1. The maximum absolute atomic E-state index is 4.32. The van der Waals surface area contributed by atoms with Gasteiger partial charge in [-0.1, -0.05) is 40.0 Å². The highest BCUT2D eigenvalue weighted by molar-refractivity contribution is 5.79. The van der Waals surface area contributed by atoms with Gasteiger partial charge in [-0.05, 0) is 32.9 Å². The van der Waals surface area contributed by atoms with E-state index in [1.807, 2.05) is 7.05 Å². The standard InChI is InChI=1S/C16H36N4/c1-8-9-10-11-14(2)19-15(17-5)18-12-16(3,4)13-20(6)7/h14H,8-13H2,1-7H3,(H2,17,18,19). The van der Waals surface area contributed by atoms with Crippen LogP contribution in [0.3, 0.4) is 0 Å². The Balaban J connectivity index is 4.10. The zero-order chi connectivity index (χ0) is 15.6. The van der Waals surface area contributed by atoms with Crippen molar-refractivity contribution in [3.63, 3.8) is 0 Å². The van der Waals surface area contributed by atoms with Crippen LogP contribution in [-0.2, 0) is 0 Å². The second kappa shape index (κ2) is 10.0. The summed E-state index contributed by atoms with van der Waals surface area (Å²) in [5.41, 5.74) is 0.229. The van der Waals surface area contributed by atoms with E-state index in [0.29, 0.717) is 6.04 Å². The summed E-state index contributed by atoms with van der Waals surface area (Å²) in [6.45, 7) is 11.0. The molecule has 2 N–H and O–H groups in total. The van der Waals surface area contributed by atoms with Crippen LogP contribution in [0.15, 0.2) is 4.99 Å². The Morgan fingerprint density at radius 3 is 2.40 bits per heavy atom. The van der Waals surface area contributed by atoms with Crippen molar-refractivity contribution in [3.8, 4) is 0 Å². The smallest absolute Gasteiger partial charge is 0.191 e. The van der Waals surface area contributed by atoms with Gasteiger partial charge in [0.25, 0.3) is 0 Å². The molecule has 0 aliphatic carbocycles. The van der Waals surface area contributed by atoms with Crippen molar-refractivity contribution in [2.24, 2.45) is 10.4 Å². The van der Waals surface area contributed by atoms with E-state index >= 15 is 0 Å². The molecule has 0 saturated heterocycles. The summed E-state index contributed by atoms with van der Waals surface area (Å²) in [6.07, 6.45) is 5.08. The van der Waals surface area contributed by atoms with Crippen molar-refractivity contribution in [2.45, 2.75) is 59.4 Å². The minimum atomic E-state index is 0.229. The van der Waals surface area contributed by atoms with Crippen LogP contribution in [0.1, 0.15) is 53.4 Å². The fourth-order valence-electron chi connectivity index (χ4n) is 2.44. The minimum Gasteiger partial charge on any atom is -0.356 e. The highest BCUT2D eigenvalue weighted by Gasteiger charge is 2.19. The Morgan fingerprint density at radius 2 is 1.90 bits per heavy atom. The van der Waals surface area contributed by atoms with E-state index in [9.17, 15) is 0 Å². The van der Waals surface area contributed by atoms with E-state index in [0.717, 1.165) is 19.0 Å². The van der Waals surface area contributed by atoms with Crippen LogP contribution in [0.2, 0.25) is 0 Å². The maximum Gasteiger partial charge on any atom is 0.191 e. The first-order chi connectivity index (χ1) is 9.30. The van der Waals surface area contributed by atoms with Crippen molar-refractivity contribution in [3.05, 3.63) is 0 Å². The summed E-state index contributed by atoms with van der Waals surface area (Å²) >= 11 is 0. The van der Waals surface area contributed by atoms with Crippen LogP contribution in [0.4, 0.5) is 0 Å².